The standard InChI is InChI=1S/C15H15N3OS/c1-11-4-2-5-12(10-11)17-15(19)18-8-9-20-14-13(18)6-3-7-16-14/h2-7,10H,8-9H2,1H3,(H,17,19). The molecular formula is C15H15N3OS. The molecule has 1 aromatic heterocycles. The second-order valence-electron chi connectivity index (χ2n) is 4.63. The number of aromatic nitrogens is 1. The summed E-state index contributed by atoms with van der Waals surface area (Å²) in [6.45, 7) is 2.70. The van der Waals surface area contributed by atoms with Crippen LogP contribution in [0.2, 0.25) is 0 Å². The maximum Gasteiger partial charge on any atom is 0.326 e. The largest absolute Gasteiger partial charge is 0.326 e. The maximum absolute atomic E-state index is 12.4. The Bertz CT molecular complexity index is 645. The lowest BCUT2D eigenvalue weighted by Gasteiger charge is -2.28. The molecule has 1 aromatic carbocycles. The Kier molecular flexibility index (Phi) is 3.60. The van der Waals surface area contributed by atoms with E-state index in [4.69, 9.17) is 0 Å². The van der Waals surface area contributed by atoms with Crippen molar-refractivity contribution in [3.63, 3.8) is 0 Å². The van der Waals surface area contributed by atoms with Crippen molar-refractivity contribution in [3.05, 3.63) is 48.2 Å². The molecule has 0 atom stereocenters. The summed E-state index contributed by atoms with van der Waals surface area (Å²) in [5, 5.41) is 3.86. The molecular weight excluding hydrogens is 270 g/mol. The van der Waals surface area contributed by atoms with Gasteiger partial charge in [-0.25, -0.2) is 9.78 Å². The van der Waals surface area contributed by atoms with E-state index in [1.54, 1.807) is 22.9 Å². The first-order valence-electron chi connectivity index (χ1n) is 6.47. The molecule has 4 nitrogen and oxygen atoms in total. The molecule has 0 radical (unpaired) electrons. The Hall–Kier alpha value is -2.01. The molecule has 5 heteroatoms. The molecule has 3 rings (SSSR count). The summed E-state index contributed by atoms with van der Waals surface area (Å²) in [7, 11) is 0. The molecule has 0 saturated heterocycles. The number of hydrogen-bond donors (Lipinski definition) is 1. The van der Waals surface area contributed by atoms with E-state index in [2.05, 4.69) is 10.3 Å². The van der Waals surface area contributed by atoms with Crippen LogP contribution in [0.3, 0.4) is 0 Å². The van der Waals surface area contributed by atoms with Gasteiger partial charge in [0.15, 0.2) is 0 Å². The number of fused-ring (bicyclic) bond motifs is 1. The van der Waals surface area contributed by atoms with Crippen molar-refractivity contribution in [3.8, 4) is 0 Å². The first-order valence-corrected chi connectivity index (χ1v) is 7.45. The highest BCUT2D eigenvalue weighted by molar-refractivity contribution is 7.99. The number of aryl methyl sites for hydroxylation is 1. The van der Waals surface area contributed by atoms with E-state index in [1.807, 2.05) is 43.3 Å². The molecule has 0 unspecified atom stereocenters. The molecule has 20 heavy (non-hydrogen) atoms. The van der Waals surface area contributed by atoms with Crippen molar-refractivity contribution in [2.75, 3.05) is 22.5 Å². The lowest BCUT2D eigenvalue weighted by atomic mass is 10.2. The maximum atomic E-state index is 12.4. The molecule has 0 fully saturated rings. The lowest BCUT2D eigenvalue weighted by molar-refractivity contribution is 0.257. The van der Waals surface area contributed by atoms with Crippen LogP contribution >= 0.6 is 11.8 Å². The van der Waals surface area contributed by atoms with Crippen LogP contribution in [0.15, 0.2) is 47.6 Å². The molecule has 2 heterocycles. The Morgan fingerprint density at radius 1 is 1.35 bits per heavy atom. The predicted octanol–water partition coefficient (Wildman–Crippen LogP) is 3.53. The van der Waals surface area contributed by atoms with Gasteiger partial charge in [0.2, 0.25) is 0 Å². The van der Waals surface area contributed by atoms with Gasteiger partial charge in [-0.1, -0.05) is 12.1 Å². The first kappa shape index (κ1) is 13.0. The number of urea groups is 1. The van der Waals surface area contributed by atoms with Crippen LogP contribution in [0, 0.1) is 6.92 Å². The third-order valence-corrected chi connectivity index (χ3v) is 4.08. The van der Waals surface area contributed by atoms with Crippen LogP contribution in [0.4, 0.5) is 16.2 Å². The first-order chi connectivity index (χ1) is 9.74. The number of amides is 2. The quantitative estimate of drug-likeness (QED) is 0.871. The van der Waals surface area contributed by atoms with Gasteiger partial charge in [-0.2, -0.15) is 0 Å². The number of pyridine rings is 1. The fourth-order valence-corrected chi connectivity index (χ4v) is 3.11. The average Bonchev–Trinajstić information content (AvgIpc) is 2.46. The molecule has 0 spiro atoms. The molecule has 0 bridgehead atoms. The van der Waals surface area contributed by atoms with Crippen molar-refractivity contribution >= 4 is 29.2 Å². The number of hydrogen-bond acceptors (Lipinski definition) is 3. The van der Waals surface area contributed by atoms with Gasteiger partial charge in [0.25, 0.3) is 0 Å². The van der Waals surface area contributed by atoms with Gasteiger partial charge in [-0.3, -0.25) is 4.90 Å². The van der Waals surface area contributed by atoms with Gasteiger partial charge in [0.05, 0.1) is 5.69 Å². The van der Waals surface area contributed by atoms with Gasteiger partial charge >= 0.3 is 6.03 Å². The zero-order chi connectivity index (χ0) is 13.9. The van der Waals surface area contributed by atoms with Crippen molar-refractivity contribution in [2.45, 2.75) is 11.9 Å². The van der Waals surface area contributed by atoms with E-state index in [-0.39, 0.29) is 6.03 Å². The van der Waals surface area contributed by atoms with E-state index in [1.165, 1.54) is 0 Å². The van der Waals surface area contributed by atoms with E-state index >= 15 is 0 Å². The van der Waals surface area contributed by atoms with Crippen LogP contribution in [0.1, 0.15) is 5.56 Å². The summed E-state index contributed by atoms with van der Waals surface area (Å²) in [4.78, 5) is 18.5. The minimum atomic E-state index is -0.106. The Morgan fingerprint density at radius 2 is 2.25 bits per heavy atom. The van der Waals surface area contributed by atoms with Gasteiger partial charge in [-0.05, 0) is 36.8 Å². The molecule has 2 amide bonds. The summed E-state index contributed by atoms with van der Waals surface area (Å²) in [5.74, 6) is 0.866. The summed E-state index contributed by atoms with van der Waals surface area (Å²) >= 11 is 1.69. The summed E-state index contributed by atoms with van der Waals surface area (Å²) < 4.78 is 0. The van der Waals surface area contributed by atoms with Crippen molar-refractivity contribution in [2.24, 2.45) is 0 Å². The molecule has 0 saturated carbocycles. The normalized spacial score (nSPS) is 13.8. The second-order valence-corrected chi connectivity index (χ2v) is 5.71. The average molecular weight is 285 g/mol. The fourth-order valence-electron chi connectivity index (χ4n) is 2.18. The monoisotopic (exact) mass is 285 g/mol. The minimum Gasteiger partial charge on any atom is -0.308 e. The number of carbonyl (C=O) groups is 1. The van der Waals surface area contributed by atoms with Crippen LogP contribution < -0.4 is 10.2 Å². The van der Waals surface area contributed by atoms with Crippen LogP contribution in [-0.4, -0.2) is 23.3 Å². The van der Waals surface area contributed by atoms with E-state index < -0.39 is 0 Å². The number of carbonyl (C=O) groups excluding carboxylic acids is 1. The SMILES string of the molecule is Cc1cccc(NC(=O)N2CCSc3ncccc32)c1. The Morgan fingerprint density at radius 3 is 3.10 bits per heavy atom. The summed E-state index contributed by atoms with van der Waals surface area (Å²) in [6.07, 6.45) is 1.76. The molecule has 102 valence electrons. The fraction of sp³-hybridized carbons (Fsp3) is 0.200. The zero-order valence-corrected chi connectivity index (χ0v) is 12.0. The number of rotatable bonds is 1. The predicted molar refractivity (Wildman–Crippen MR) is 82.5 cm³/mol. The van der Waals surface area contributed by atoms with Crippen LogP contribution in [0.25, 0.3) is 0 Å². The van der Waals surface area contributed by atoms with Crippen LogP contribution in [0.5, 0.6) is 0 Å². The number of nitrogens with zero attached hydrogens (tertiary/aromatic N) is 2. The second kappa shape index (κ2) is 5.54. The number of benzene rings is 1. The molecule has 1 N–H and O–H groups in total. The van der Waals surface area contributed by atoms with Crippen molar-refractivity contribution in [1.82, 2.24) is 4.98 Å². The van der Waals surface area contributed by atoms with Gasteiger partial charge < -0.3 is 5.32 Å². The van der Waals surface area contributed by atoms with Crippen molar-refractivity contribution in [1.29, 1.82) is 0 Å². The molecule has 1 aliphatic heterocycles. The Balaban J connectivity index is 1.82. The summed E-state index contributed by atoms with van der Waals surface area (Å²) in [6, 6.07) is 11.5. The highest BCUT2D eigenvalue weighted by Crippen LogP contribution is 2.32. The van der Waals surface area contributed by atoms with Gasteiger partial charge in [0, 0.05) is 24.2 Å². The lowest BCUT2D eigenvalue weighted by Crippen LogP contribution is -2.38. The number of thioether (sulfide) groups is 1. The smallest absolute Gasteiger partial charge is 0.308 e. The van der Waals surface area contributed by atoms with Crippen molar-refractivity contribution < 1.29 is 4.79 Å². The summed E-state index contributed by atoms with van der Waals surface area (Å²) in [5.41, 5.74) is 2.83. The number of anilines is 2. The van der Waals surface area contributed by atoms with Gasteiger partial charge in [0.1, 0.15) is 5.03 Å². The van der Waals surface area contributed by atoms with Crippen LogP contribution in [-0.2, 0) is 0 Å². The van der Waals surface area contributed by atoms with Gasteiger partial charge in [-0.15, -0.1) is 11.8 Å². The zero-order valence-electron chi connectivity index (χ0n) is 11.2. The van der Waals surface area contributed by atoms with E-state index in [0.29, 0.717) is 6.54 Å². The van der Waals surface area contributed by atoms with E-state index in [0.717, 1.165) is 27.7 Å². The topological polar surface area (TPSA) is 45.2 Å². The third-order valence-electron chi connectivity index (χ3n) is 3.11. The molecule has 0 aliphatic carbocycles. The third kappa shape index (κ3) is 2.63. The minimum absolute atomic E-state index is 0.106. The van der Waals surface area contributed by atoms with E-state index in [9.17, 15) is 4.79 Å². The number of nitrogens with one attached hydrogen (secondary N) is 1. The highest BCUT2D eigenvalue weighted by Gasteiger charge is 2.23. The molecule has 1 aliphatic rings. The highest BCUT2D eigenvalue weighted by atomic mass is 32.2. The Labute approximate surface area is 122 Å². The molecule has 2 aromatic rings.